The van der Waals surface area contributed by atoms with Crippen molar-refractivity contribution in [1.29, 1.82) is 0 Å². The van der Waals surface area contributed by atoms with Crippen molar-refractivity contribution in [3.05, 3.63) is 35.4 Å². The molecule has 0 aliphatic carbocycles. The Labute approximate surface area is 118 Å². The van der Waals surface area contributed by atoms with Crippen LogP contribution in [0.1, 0.15) is 15.9 Å². The van der Waals surface area contributed by atoms with E-state index in [0.717, 1.165) is 19.8 Å². The number of benzene rings is 1. The van der Waals surface area contributed by atoms with Crippen molar-refractivity contribution in [3.63, 3.8) is 0 Å². The Balaban J connectivity index is 1.93. The first kappa shape index (κ1) is 13.6. The summed E-state index contributed by atoms with van der Waals surface area (Å²) in [6, 6.07) is 7.64. The van der Waals surface area contributed by atoms with Gasteiger partial charge >= 0.3 is 0 Å². The maximum atomic E-state index is 11.9. The number of ketones is 1. The van der Waals surface area contributed by atoms with Crippen LogP contribution in [0, 0.1) is 6.92 Å². The molecule has 0 bridgehead atoms. The summed E-state index contributed by atoms with van der Waals surface area (Å²) in [6.07, 6.45) is 1.96. The zero-order valence-electron chi connectivity index (χ0n) is 10.0. The number of aromatic nitrogens is 2. The van der Waals surface area contributed by atoms with E-state index in [1.54, 1.807) is 11.8 Å². The van der Waals surface area contributed by atoms with Crippen molar-refractivity contribution in [1.82, 2.24) is 10.2 Å². The molecule has 1 aromatic carbocycles. The third-order valence-corrected chi connectivity index (χ3v) is 5.29. The molecule has 2 aromatic rings. The van der Waals surface area contributed by atoms with E-state index >= 15 is 0 Å². The van der Waals surface area contributed by atoms with E-state index < -0.39 is 0 Å². The Hall–Kier alpha value is -0.850. The topological polar surface area (TPSA) is 42.9 Å². The molecule has 0 amide bonds. The van der Waals surface area contributed by atoms with Gasteiger partial charge in [0.15, 0.2) is 14.5 Å². The van der Waals surface area contributed by atoms with Crippen molar-refractivity contribution in [2.75, 3.05) is 12.0 Å². The van der Waals surface area contributed by atoms with Gasteiger partial charge in [-0.3, -0.25) is 4.79 Å². The highest BCUT2D eigenvalue weighted by Crippen LogP contribution is 2.27. The zero-order chi connectivity index (χ0) is 13.0. The minimum Gasteiger partial charge on any atom is -0.293 e. The van der Waals surface area contributed by atoms with E-state index in [0.29, 0.717) is 5.75 Å². The quantitative estimate of drug-likeness (QED) is 0.623. The molecule has 1 aromatic heterocycles. The van der Waals surface area contributed by atoms with Crippen molar-refractivity contribution < 1.29 is 4.79 Å². The van der Waals surface area contributed by atoms with Gasteiger partial charge in [-0.15, -0.1) is 10.2 Å². The molecule has 0 aliphatic rings. The molecule has 0 spiro atoms. The Bertz CT molecular complexity index is 537. The molecular weight excluding hydrogens is 284 g/mol. The first-order chi connectivity index (χ1) is 8.69. The maximum Gasteiger partial charge on any atom is 0.175 e. The fraction of sp³-hybridized carbons (Fsp3) is 0.250. The van der Waals surface area contributed by atoms with Crippen LogP contribution >= 0.6 is 34.9 Å². The Morgan fingerprint density at radius 2 is 1.89 bits per heavy atom. The van der Waals surface area contributed by atoms with Gasteiger partial charge in [0.2, 0.25) is 0 Å². The minimum atomic E-state index is 0.126. The minimum absolute atomic E-state index is 0.126. The highest BCUT2D eigenvalue weighted by molar-refractivity contribution is 8.03. The normalized spacial score (nSPS) is 10.6. The van der Waals surface area contributed by atoms with Crippen LogP contribution in [0.2, 0.25) is 0 Å². The summed E-state index contributed by atoms with van der Waals surface area (Å²) in [7, 11) is 0. The van der Waals surface area contributed by atoms with Gasteiger partial charge in [0.25, 0.3) is 0 Å². The molecule has 18 heavy (non-hydrogen) atoms. The lowest BCUT2D eigenvalue weighted by Crippen LogP contribution is -2.01. The summed E-state index contributed by atoms with van der Waals surface area (Å²) in [5, 5.41) is 8.02. The average molecular weight is 296 g/mol. The third kappa shape index (κ3) is 3.57. The van der Waals surface area contributed by atoms with Crippen LogP contribution in [-0.2, 0) is 0 Å². The summed E-state index contributed by atoms with van der Waals surface area (Å²) < 4.78 is 1.78. The summed E-state index contributed by atoms with van der Waals surface area (Å²) in [5.74, 6) is 0.535. The fourth-order valence-electron chi connectivity index (χ4n) is 1.29. The van der Waals surface area contributed by atoms with Gasteiger partial charge < -0.3 is 0 Å². The number of aryl methyl sites for hydroxylation is 1. The molecule has 0 unspecified atom stereocenters. The lowest BCUT2D eigenvalue weighted by Gasteiger charge is -1.99. The van der Waals surface area contributed by atoms with Gasteiger partial charge in [0.05, 0.1) is 5.75 Å². The van der Waals surface area contributed by atoms with Crippen LogP contribution < -0.4 is 0 Å². The molecule has 0 saturated carbocycles. The summed E-state index contributed by atoms with van der Waals surface area (Å²) in [6.45, 7) is 2.01. The second-order valence-corrected chi connectivity index (χ2v) is 6.87. The van der Waals surface area contributed by atoms with Gasteiger partial charge in [-0.1, -0.05) is 64.7 Å². The molecule has 0 aliphatic heterocycles. The van der Waals surface area contributed by atoms with E-state index in [4.69, 9.17) is 0 Å². The van der Waals surface area contributed by atoms with Gasteiger partial charge in [0, 0.05) is 5.56 Å². The molecule has 1 heterocycles. The first-order valence-electron chi connectivity index (χ1n) is 5.29. The number of carbonyl (C=O) groups excluding carboxylic acids is 1. The van der Waals surface area contributed by atoms with Crippen LogP contribution in [0.25, 0.3) is 0 Å². The smallest absolute Gasteiger partial charge is 0.175 e. The van der Waals surface area contributed by atoms with Crippen LogP contribution in [0.3, 0.4) is 0 Å². The Morgan fingerprint density at radius 3 is 2.50 bits per heavy atom. The van der Waals surface area contributed by atoms with Gasteiger partial charge in [0.1, 0.15) is 0 Å². The number of hydrogen-bond donors (Lipinski definition) is 0. The molecule has 0 fully saturated rings. The monoisotopic (exact) mass is 296 g/mol. The third-order valence-electron chi connectivity index (χ3n) is 2.26. The van der Waals surface area contributed by atoms with Gasteiger partial charge in [-0.05, 0) is 13.2 Å². The number of thioether (sulfide) groups is 2. The highest BCUT2D eigenvalue weighted by atomic mass is 32.2. The molecule has 94 valence electrons. The van der Waals surface area contributed by atoms with Gasteiger partial charge in [-0.25, -0.2) is 0 Å². The number of hydrogen-bond acceptors (Lipinski definition) is 6. The van der Waals surface area contributed by atoms with Crippen LogP contribution in [0.4, 0.5) is 0 Å². The Morgan fingerprint density at radius 1 is 1.22 bits per heavy atom. The molecule has 3 nitrogen and oxygen atoms in total. The number of carbonyl (C=O) groups is 1. The Kier molecular flexibility index (Phi) is 4.79. The second-order valence-electron chi connectivity index (χ2n) is 3.62. The maximum absolute atomic E-state index is 11.9. The van der Waals surface area contributed by atoms with E-state index in [-0.39, 0.29) is 5.78 Å². The predicted octanol–water partition coefficient (Wildman–Crippen LogP) is 3.54. The van der Waals surface area contributed by atoms with Crippen molar-refractivity contribution in [3.8, 4) is 0 Å². The van der Waals surface area contributed by atoms with Crippen LogP contribution in [0.5, 0.6) is 0 Å². The SMILES string of the molecule is CSc1nnc(SCC(=O)c2ccc(C)cc2)s1. The molecule has 0 radical (unpaired) electrons. The summed E-state index contributed by atoms with van der Waals surface area (Å²) >= 11 is 4.54. The standard InChI is InChI=1S/C12H12N2OS3/c1-8-3-5-9(6-4-8)10(15)7-17-12-14-13-11(16-2)18-12/h3-6H,7H2,1-2H3. The predicted molar refractivity (Wildman–Crippen MR) is 77.9 cm³/mol. The average Bonchev–Trinajstić information content (AvgIpc) is 2.85. The number of rotatable bonds is 5. The summed E-state index contributed by atoms with van der Waals surface area (Å²) in [5.41, 5.74) is 1.91. The van der Waals surface area contributed by atoms with E-state index in [1.165, 1.54) is 23.1 Å². The van der Waals surface area contributed by atoms with E-state index in [9.17, 15) is 4.79 Å². The number of nitrogens with zero attached hydrogens (tertiary/aromatic N) is 2. The van der Waals surface area contributed by atoms with Gasteiger partial charge in [-0.2, -0.15) is 0 Å². The van der Waals surface area contributed by atoms with Crippen LogP contribution in [0.15, 0.2) is 32.9 Å². The molecule has 0 saturated heterocycles. The lowest BCUT2D eigenvalue weighted by atomic mass is 10.1. The molecular formula is C12H12N2OS3. The lowest BCUT2D eigenvalue weighted by molar-refractivity contribution is 0.102. The van der Waals surface area contributed by atoms with E-state index in [1.807, 2.05) is 37.4 Å². The van der Waals surface area contributed by atoms with Crippen LogP contribution in [-0.4, -0.2) is 28.0 Å². The van der Waals surface area contributed by atoms with Crippen molar-refractivity contribution in [2.45, 2.75) is 15.6 Å². The first-order valence-corrected chi connectivity index (χ1v) is 8.32. The largest absolute Gasteiger partial charge is 0.293 e. The molecule has 6 heteroatoms. The van der Waals surface area contributed by atoms with Crippen molar-refractivity contribution in [2.24, 2.45) is 0 Å². The molecule has 2 rings (SSSR count). The number of Topliss-reactive ketones (excluding diaryl/α,β-unsaturated/α-hetero) is 1. The molecule has 0 atom stereocenters. The fourth-order valence-corrected chi connectivity index (χ4v) is 3.62. The van der Waals surface area contributed by atoms with E-state index in [2.05, 4.69) is 10.2 Å². The summed E-state index contributed by atoms with van der Waals surface area (Å²) in [4.78, 5) is 11.9. The zero-order valence-corrected chi connectivity index (χ0v) is 12.5. The molecule has 0 N–H and O–H groups in total. The van der Waals surface area contributed by atoms with Crippen molar-refractivity contribution >= 4 is 40.6 Å². The second kappa shape index (κ2) is 6.36. The highest BCUT2D eigenvalue weighted by Gasteiger charge is 2.09.